The molecule has 1 heterocycles. The fourth-order valence-electron chi connectivity index (χ4n) is 2.21. The first-order valence-electron chi connectivity index (χ1n) is 7.46. The van der Waals surface area contributed by atoms with Crippen molar-refractivity contribution in [1.82, 2.24) is 15.2 Å². The van der Waals surface area contributed by atoms with Crippen molar-refractivity contribution in [2.75, 3.05) is 20.1 Å². The summed E-state index contributed by atoms with van der Waals surface area (Å²) in [7, 11) is 2.18. The van der Waals surface area contributed by atoms with Gasteiger partial charge in [-0.3, -0.25) is 4.98 Å². The topological polar surface area (TPSA) is 28.2 Å². The van der Waals surface area contributed by atoms with E-state index in [4.69, 9.17) is 0 Å². The van der Waals surface area contributed by atoms with Gasteiger partial charge in [-0.05, 0) is 32.5 Å². The van der Waals surface area contributed by atoms with Crippen LogP contribution in [0.2, 0.25) is 0 Å². The summed E-state index contributed by atoms with van der Waals surface area (Å²) in [5.74, 6) is 0. The van der Waals surface area contributed by atoms with E-state index in [1.165, 1.54) is 11.8 Å². The molecule has 2 rings (SSSR count). The van der Waals surface area contributed by atoms with E-state index >= 15 is 0 Å². The Bertz CT molecular complexity index is 539. The average Bonchev–Trinajstić information content (AvgIpc) is 2.50. The van der Waals surface area contributed by atoms with Gasteiger partial charge in [0.15, 0.2) is 0 Å². The van der Waals surface area contributed by atoms with Gasteiger partial charge in [0, 0.05) is 31.1 Å². The van der Waals surface area contributed by atoms with Crippen LogP contribution in [0.4, 0.5) is 0 Å². The molecule has 3 heteroatoms. The van der Waals surface area contributed by atoms with Crippen LogP contribution in [-0.2, 0) is 6.54 Å². The minimum atomic E-state index is 0.649. The molecule has 1 atom stereocenters. The van der Waals surface area contributed by atoms with Crippen LogP contribution < -0.4 is 5.32 Å². The number of aromatic nitrogens is 1. The molecular formula is C17H25N3. The number of fused-ring (bicyclic) bond motifs is 1. The van der Waals surface area contributed by atoms with Crippen LogP contribution in [0.15, 0.2) is 36.4 Å². The lowest BCUT2D eigenvalue weighted by Gasteiger charge is -2.23. The first kappa shape index (κ1) is 14.9. The average molecular weight is 271 g/mol. The third-order valence-electron chi connectivity index (χ3n) is 3.95. The quantitative estimate of drug-likeness (QED) is 0.785. The molecule has 0 amide bonds. The fourth-order valence-corrected chi connectivity index (χ4v) is 2.21. The SMILES string of the molecule is CCC(C)N(C)CCNCc1ccc2ccccc2n1. The van der Waals surface area contributed by atoms with E-state index in [1.54, 1.807) is 0 Å². The van der Waals surface area contributed by atoms with Gasteiger partial charge in [-0.1, -0.05) is 31.2 Å². The molecule has 0 saturated carbocycles. The van der Waals surface area contributed by atoms with Crippen molar-refractivity contribution >= 4 is 10.9 Å². The van der Waals surface area contributed by atoms with Crippen LogP contribution in [0.3, 0.4) is 0 Å². The van der Waals surface area contributed by atoms with Gasteiger partial charge < -0.3 is 10.2 Å². The molecule has 1 aromatic carbocycles. The van der Waals surface area contributed by atoms with E-state index in [1.807, 2.05) is 12.1 Å². The highest BCUT2D eigenvalue weighted by atomic mass is 15.1. The van der Waals surface area contributed by atoms with Gasteiger partial charge in [-0.2, -0.15) is 0 Å². The van der Waals surface area contributed by atoms with E-state index in [9.17, 15) is 0 Å². The van der Waals surface area contributed by atoms with E-state index in [-0.39, 0.29) is 0 Å². The summed E-state index contributed by atoms with van der Waals surface area (Å²) >= 11 is 0. The maximum absolute atomic E-state index is 4.67. The smallest absolute Gasteiger partial charge is 0.0705 e. The maximum atomic E-state index is 4.67. The summed E-state index contributed by atoms with van der Waals surface area (Å²) in [6, 6.07) is 13.1. The molecule has 3 nitrogen and oxygen atoms in total. The second kappa shape index (κ2) is 7.36. The molecule has 1 unspecified atom stereocenters. The number of nitrogens with one attached hydrogen (secondary N) is 1. The van der Waals surface area contributed by atoms with Crippen molar-refractivity contribution in [3.8, 4) is 0 Å². The molecule has 0 aliphatic heterocycles. The number of nitrogens with zero attached hydrogens (tertiary/aromatic N) is 2. The van der Waals surface area contributed by atoms with Crippen molar-refractivity contribution in [2.45, 2.75) is 32.9 Å². The highest BCUT2D eigenvalue weighted by Gasteiger charge is 2.05. The van der Waals surface area contributed by atoms with Gasteiger partial charge in [0.2, 0.25) is 0 Å². The predicted octanol–water partition coefficient (Wildman–Crippen LogP) is 3.05. The molecule has 20 heavy (non-hydrogen) atoms. The molecule has 2 aromatic rings. The lowest BCUT2D eigenvalue weighted by atomic mass is 10.2. The van der Waals surface area contributed by atoms with Crippen molar-refractivity contribution in [3.63, 3.8) is 0 Å². The van der Waals surface area contributed by atoms with Crippen LogP contribution >= 0.6 is 0 Å². The summed E-state index contributed by atoms with van der Waals surface area (Å²) in [6.07, 6.45) is 1.20. The molecule has 0 saturated heterocycles. The zero-order chi connectivity index (χ0) is 14.4. The number of hydrogen-bond acceptors (Lipinski definition) is 3. The third-order valence-corrected chi connectivity index (χ3v) is 3.95. The first-order chi connectivity index (χ1) is 9.70. The fraction of sp³-hybridized carbons (Fsp3) is 0.471. The third kappa shape index (κ3) is 4.02. The Morgan fingerprint density at radius 3 is 2.80 bits per heavy atom. The van der Waals surface area contributed by atoms with Gasteiger partial charge >= 0.3 is 0 Å². The normalized spacial score (nSPS) is 13.0. The number of rotatable bonds is 7. The molecule has 0 fully saturated rings. The predicted molar refractivity (Wildman–Crippen MR) is 85.8 cm³/mol. The van der Waals surface area contributed by atoms with Crippen LogP contribution in [0.5, 0.6) is 0 Å². The molecular weight excluding hydrogens is 246 g/mol. The number of benzene rings is 1. The molecule has 108 valence electrons. The summed E-state index contributed by atoms with van der Waals surface area (Å²) in [5.41, 5.74) is 2.18. The number of pyridine rings is 1. The zero-order valence-electron chi connectivity index (χ0n) is 12.8. The van der Waals surface area contributed by atoms with Crippen molar-refractivity contribution in [1.29, 1.82) is 0 Å². The lowest BCUT2D eigenvalue weighted by molar-refractivity contribution is 0.251. The summed E-state index contributed by atoms with van der Waals surface area (Å²) in [5, 5.41) is 4.67. The Morgan fingerprint density at radius 2 is 2.00 bits per heavy atom. The number of para-hydroxylation sites is 1. The van der Waals surface area contributed by atoms with Gasteiger partial charge in [0.05, 0.1) is 11.2 Å². The van der Waals surface area contributed by atoms with Gasteiger partial charge in [0.1, 0.15) is 0 Å². The first-order valence-corrected chi connectivity index (χ1v) is 7.46. The Labute approximate surface area is 122 Å². The van der Waals surface area contributed by atoms with Crippen LogP contribution in [0.1, 0.15) is 26.0 Å². The van der Waals surface area contributed by atoms with E-state index in [0.29, 0.717) is 6.04 Å². The highest BCUT2D eigenvalue weighted by molar-refractivity contribution is 5.78. The Hall–Kier alpha value is -1.45. The second-order valence-electron chi connectivity index (χ2n) is 5.41. The van der Waals surface area contributed by atoms with Crippen molar-refractivity contribution in [2.24, 2.45) is 0 Å². The standard InChI is InChI=1S/C17H25N3/c1-4-14(2)20(3)12-11-18-13-16-10-9-15-7-5-6-8-17(15)19-16/h5-10,14,18H,4,11-13H2,1-3H3. The Morgan fingerprint density at radius 1 is 1.20 bits per heavy atom. The van der Waals surface area contributed by atoms with E-state index < -0.39 is 0 Å². The molecule has 0 spiro atoms. The summed E-state index contributed by atoms with van der Waals surface area (Å²) in [4.78, 5) is 7.06. The minimum Gasteiger partial charge on any atom is -0.310 e. The number of hydrogen-bond donors (Lipinski definition) is 1. The molecule has 1 N–H and O–H groups in total. The van der Waals surface area contributed by atoms with E-state index in [0.717, 1.165) is 30.8 Å². The Balaban J connectivity index is 1.81. The molecule has 0 bridgehead atoms. The van der Waals surface area contributed by atoms with Crippen LogP contribution in [0, 0.1) is 0 Å². The maximum Gasteiger partial charge on any atom is 0.0705 e. The molecule has 1 aromatic heterocycles. The highest BCUT2D eigenvalue weighted by Crippen LogP contribution is 2.11. The largest absolute Gasteiger partial charge is 0.310 e. The zero-order valence-corrected chi connectivity index (χ0v) is 12.8. The van der Waals surface area contributed by atoms with Crippen molar-refractivity contribution < 1.29 is 0 Å². The van der Waals surface area contributed by atoms with Crippen LogP contribution in [-0.4, -0.2) is 36.1 Å². The molecule has 0 radical (unpaired) electrons. The van der Waals surface area contributed by atoms with Gasteiger partial charge in [-0.25, -0.2) is 0 Å². The van der Waals surface area contributed by atoms with Crippen molar-refractivity contribution in [3.05, 3.63) is 42.1 Å². The van der Waals surface area contributed by atoms with E-state index in [2.05, 4.69) is 60.4 Å². The Kier molecular flexibility index (Phi) is 5.50. The lowest BCUT2D eigenvalue weighted by Crippen LogP contribution is -2.34. The second-order valence-corrected chi connectivity index (χ2v) is 5.41. The van der Waals surface area contributed by atoms with Crippen LogP contribution in [0.25, 0.3) is 10.9 Å². The van der Waals surface area contributed by atoms with Gasteiger partial charge in [0.25, 0.3) is 0 Å². The minimum absolute atomic E-state index is 0.649. The van der Waals surface area contributed by atoms with Gasteiger partial charge in [-0.15, -0.1) is 0 Å². The molecule has 0 aliphatic carbocycles. The monoisotopic (exact) mass is 271 g/mol. The summed E-state index contributed by atoms with van der Waals surface area (Å²) in [6.45, 7) is 7.40. The molecule has 0 aliphatic rings. The number of likely N-dealkylation sites (N-methyl/N-ethyl adjacent to an activating group) is 1. The summed E-state index contributed by atoms with van der Waals surface area (Å²) < 4.78 is 0.